The number of aromatic nitrogens is 4. The Bertz CT molecular complexity index is 3620. The Balaban J connectivity index is 1.29. The van der Waals surface area contributed by atoms with Crippen LogP contribution in [0.15, 0.2) is 121 Å². The first-order valence-corrected chi connectivity index (χ1v) is 20.3. The molecule has 0 saturated carbocycles. The summed E-state index contributed by atoms with van der Waals surface area (Å²) < 4.78 is 23.0. The molecule has 17 rings (SSSR count). The second-order valence-corrected chi connectivity index (χ2v) is 17.0. The fourth-order valence-corrected chi connectivity index (χ4v) is 13.3. The first-order chi connectivity index (χ1) is 28.8. The van der Waals surface area contributed by atoms with Gasteiger partial charge in [-0.2, -0.15) is 0 Å². The monoisotopic (exact) mass is 736 g/mol. The summed E-state index contributed by atoms with van der Waals surface area (Å²) in [6, 6.07) is 45.6. The third kappa shape index (κ3) is 2.54. The van der Waals surface area contributed by atoms with Gasteiger partial charge in [-0.15, -0.1) is 0 Å². The highest BCUT2D eigenvalue weighted by molar-refractivity contribution is 7.16. The van der Waals surface area contributed by atoms with Crippen LogP contribution in [-0.4, -0.2) is 45.9 Å². The van der Waals surface area contributed by atoms with Crippen molar-refractivity contribution >= 4 is 133 Å². The Morgan fingerprint density at radius 3 is 0.862 bits per heavy atom. The summed E-state index contributed by atoms with van der Waals surface area (Å²) in [5, 5.41) is 10.5. The summed E-state index contributed by atoms with van der Waals surface area (Å²) >= 11 is 0. The average Bonchev–Trinajstić information content (AvgIpc) is 4.01. The van der Waals surface area contributed by atoms with Crippen LogP contribution in [0.4, 0.5) is 0 Å². The third-order valence-corrected chi connectivity index (χ3v) is 15.0. The predicted octanol–water partition coefficient (Wildman–Crippen LogP) is 6.69. The minimum Gasteiger partial charge on any atom is -0.497 e. The minimum absolute atomic E-state index is 0.0313. The zero-order valence-electron chi connectivity index (χ0n) is 31.3. The summed E-state index contributed by atoms with van der Waals surface area (Å²) in [7, 11) is 3.63. The summed E-state index contributed by atoms with van der Waals surface area (Å²) in [6.07, 6.45) is 0. The van der Waals surface area contributed by atoms with Crippen LogP contribution < -0.4 is 42.3 Å². The van der Waals surface area contributed by atoms with Gasteiger partial charge in [-0.25, -0.2) is 0 Å². The van der Waals surface area contributed by atoms with Crippen molar-refractivity contribution in [1.82, 2.24) is 18.3 Å². The lowest BCUT2D eigenvalue weighted by atomic mass is 9.18. The molecule has 0 atom stereocenters. The molecule has 0 saturated heterocycles. The van der Waals surface area contributed by atoms with Gasteiger partial charge < -0.3 is 27.7 Å². The van der Waals surface area contributed by atoms with Crippen LogP contribution >= 0.6 is 0 Å². The van der Waals surface area contributed by atoms with Crippen molar-refractivity contribution in [1.29, 1.82) is 0 Å². The van der Waals surface area contributed by atoms with Gasteiger partial charge in [-0.05, 0) is 57.0 Å². The molecule has 0 amide bonds. The summed E-state index contributed by atoms with van der Waals surface area (Å²) in [5.74, 6) is 1.74. The van der Waals surface area contributed by atoms with Crippen molar-refractivity contribution in [3.63, 3.8) is 0 Å². The molecule has 58 heavy (non-hydrogen) atoms. The van der Waals surface area contributed by atoms with Crippen molar-refractivity contribution in [2.75, 3.05) is 14.2 Å². The van der Waals surface area contributed by atoms with E-state index >= 15 is 0 Å². The first-order valence-electron chi connectivity index (χ1n) is 20.3. The maximum Gasteiger partial charge on any atom is 0.251 e. The SMILES string of the molecule is COc1cc2c3c(c1)-n1c4ccccc4c4c5c6ccccc6n6c5c5c(c41)B3c1c3c4c(c7ccccc7n4-c4cc(OC)cc-6c4B35)c3c4ccccc4n-2c13. The van der Waals surface area contributed by atoms with Crippen LogP contribution in [0, 0.1) is 0 Å². The Kier molecular flexibility index (Phi) is 4.20. The number of hydrogen-bond donors (Lipinski definition) is 0. The molecule has 12 aromatic rings. The van der Waals surface area contributed by atoms with Gasteiger partial charge in [0.25, 0.3) is 13.4 Å². The van der Waals surface area contributed by atoms with Crippen LogP contribution in [0.3, 0.4) is 0 Å². The zero-order valence-corrected chi connectivity index (χ0v) is 31.3. The van der Waals surface area contributed by atoms with Gasteiger partial charge in [0.15, 0.2) is 0 Å². The molecule has 5 aliphatic rings. The lowest BCUT2D eigenvalue weighted by Crippen LogP contribution is -2.79. The standard InChI is InChI=1S/C50H26B2N4O2/c1-57-23-19-33-41-34(20-23)54-30-16-8-4-12-26(30)38-40-28-14-6-10-18-32(28)56-36-22-24(58-2)21-35-42(36)52-45-43(51(41)44(48(38)54)46(52)50(40)56)47-37(25-11-3-7-15-29(25)53(33)47)39-27-13-5-9-17-31(27)55(35)49(39)45/h3-22H,1-2H3. The second kappa shape index (κ2) is 8.65. The molecule has 0 spiro atoms. The van der Waals surface area contributed by atoms with Crippen LogP contribution in [0.25, 0.3) is 110 Å². The Morgan fingerprint density at radius 2 is 0.603 bits per heavy atom. The topological polar surface area (TPSA) is 38.2 Å². The van der Waals surface area contributed by atoms with Gasteiger partial charge in [-0.3, -0.25) is 0 Å². The van der Waals surface area contributed by atoms with Gasteiger partial charge in [0.1, 0.15) is 11.5 Å². The van der Waals surface area contributed by atoms with E-state index in [4.69, 9.17) is 9.47 Å². The number of benzene rings is 8. The molecule has 0 N–H and O–H groups in total. The van der Waals surface area contributed by atoms with Gasteiger partial charge in [-0.1, -0.05) is 72.8 Å². The number of para-hydroxylation sites is 4. The molecule has 264 valence electrons. The largest absolute Gasteiger partial charge is 0.497 e. The quantitative estimate of drug-likeness (QED) is 0.186. The second-order valence-electron chi connectivity index (χ2n) is 17.0. The van der Waals surface area contributed by atoms with E-state index in [0.717, 1.165) is 11.5 Å². The molecule has 0 aliphatic carbocycles. The molecular formula is C50H26B2N4O2. The lowest BCUT2D eigenvalue weighted by Gasteiger charge is -2.44. The van der Waals surface area contributed by atoms with Crippen molar-refractivity contribution < 1.29 is 9.47 Å². The smallest absolute Gasteiger partial charge is 0.251 e. The number of nitrogens with zero attached hydrogens (tertiary/aromatic N) is 4. The van der Waals surface area contributed by atoms with Gasteiger partial charge in [0, 0.05) is 112 Å². The van der Waals surface area contributed by atoms with E-state index in [1.165, 1.54) is 143 Å². The third-order valence-electron chi connectivity index (χ3n) is 15.0. The molecule has 6 nitrogen and oxygen atoms in total. The molecule has 8 heteroatoms. The van der Waals surface area contributed by atoms with Crippen molar-refractivity contribution in [2.24, 2.45) is 0 Å². The molecular weight excluding hydrogens is 710 g/mol. The predicted molar refractivity (Wildman–Crippen MR) is 240 cm³/mol. The molecule has 4 aromatic heterocycles. The first kappa shape index (κ1) is 28.1. The molecule has 0 bridgehead atoms. The fourth-order valence-electron chi connectivity index (χ4n) is 13.3. The van der Waals surface area contributed by atoms with Crippen LogP contribution in [-0.2, 0) is 0 Å². The number of methoxy groups -OCH3 is 2. The Labute approximate surface area is 329 Å². The van der Waals surface area contributed by atoms with E-state index in [-0.39, 0.29) is 13.4 Å². The highest BCUT2D eigenvalue weighted by atomic mass is 16.5. The minimum atomic E-state index is 0.0313. The Hall–Kier alpha value is -7.31. The van der Waals surface area contributed by atoms with Gasteiger partial charge in [0.2, 0.25) is 0 Å². The maximum atomic E-state index is 6.26. The van der Waals surface area contributed by atoms with E-state index < -0.39 is 0 Å². The zero-order chi connectivity index (χ0) is 37.2. The van der Waals surface area contributed by atoms with E-state index in [2.05, 4.69) is 140 Å². The fraction of sp³-hybridized carbons (Fsp3) is 0.0400. The van der Waals surface area contributed by atoms with Gasteiger partial charge >= 0.3 is 0 Å². The Morgan fingerprint density at radius 1 is 0.345 bits per heavy atom. The van der Waals surface area contributed by atoms with E-state index in [1.54, 1.807) is 0 Å². The highest BCUT2D eigenvalue weighted by Gasteiger charge is 2.55. The average molecular weight is 736 g/mol. The molecule has 8 aromatic carbocycles. The lowest BCUT2D eigenvalue weighted by molar-refractivity contribution is 0.414. The maximum absolute atomic E-state index is 6.26. The number of rotatable bonds is 2. The number of fused-ring (bicyclic) bond motifs is 18. The van der Waals surface area contributed by atoms with Crippen LogP contribution in [0.1, 0.15) is 0 Å². The molecule has 5 aliphatic heterocycles. The summed E-state index contributed by atoms with van der Waals surface area (Å²) in [4.78, 5) is 0. The number of ether oxygens (including phenoxy) is 2. The highest BCUT2D eigenvalue weighted by Crippen LogP contribution is 2.50. The van der Waals surface area contributed by atoms with Crippen molar-refractivity contribution in [3.8, 4) is 34.2 Å². The normalized spacial score (nSPS) is 14.3. The van der Waals surface area contributed by atoms with Crippen LogP contribution in [0.5, 0.6) is 11.5 Å². The summed E-state index contributed by atoms with van der Waals surface area (Å²) in [6.45, 7) is 0.0627. The molecule has 0 unspecified atom stereocenters. The van der Waals surface area contributed by atoms with E-state index in [0.29, 0.717) is 0 Å². The van der Waals surface area contributed by atoms with Crippen LogP contribution in [0.2, 0.25) is 0 Å². The molecule has 0 radical (unpaired) electrons. The number of hydrogen-bond acceptors (Lipinski definition) is 2. The van der Waals surface area contributed by atoms with E-state index in [9.17, 15) is 0 Å². The van der Waals surface area contributed by atoms with Gasteiger partial charge in [0.05, 0.1) is 36.3 Å². The van der Waals surface area contributed by atoms with Crippen molar-refractivity contribution in [3.05, 3.63) is 121 Å². The summed E-state index contributed by atoms with van der Waals surface area (Å²) in [5.41, 5.74) is 23.8. The molecule has 0 fully saturated rings. The van der Waals surface area contributed by atoms with E-state index in [1.807, 2.05) is 14.2 Å². The van der Waals surface area contributed by atoms with Crippen molar-refractivity contribution in [2.45, 2.75) is 0 Å². The molecule has 9 heterocycles.